The Hall–Kier alpha value is -3.36. The Morgan fingerprint density at radius 2 is 2.09 bits per heavy atom. The fourth-order valence-electron chi connectivity index (χ4n) is 3.49. The Kier molecular flexibility index (Phi) is 8.65. The lowest BCUT2D eigenvalue weighted by Gasteiger charge is -2.20. The molecule has 3 N–H and O–H groups in total. The first-order chi connectivity index (χ1) is 15.6. The highest BCUT2D eigenvalue weighted by Gasteiger charge is 2.25. The zero-order chi connectivity index (χ0) is 22.8. The van der Waals surface area contributed by atoms with Crippen LogP contribution in [0.3, 0.4) is 0 Å². The lowest BCUT2D eigenvalue weighted by Crippen LogP contribution is -2.44. The van der Waals surface area contributed by atoms with E-state index in [0.717, 1.165) is 25.1 Å². The second-order valence-electron chi connectivity index (χ2n) is 7.47. The molecule has 32 heavy (non-hydrogen) atoms. The van der Waals surface area contributed by atoms with Gasteiger partial charge in [0.1, 0.15) is 5.75 Å². The molecule has 1 aromatic heterocycles. The van der Waals surface area contributed by atoms with Crippen LogP contribution in [-0.2, 0) is 11.3 Å². The monoisotopic (exact) mass is 442 g/mol. The maximum absolute atomic E-state index is 14.0. The highest BCUT2D eigenvalue weighted by atomic mass is 19.1. The number of carbonyl (C=O) groups excluding carboxylic acids is 1. The van der Waals surface area contributed by atoms with Crippen LogP contribution in [0, 0.1) is 5.82 Å². The first-order valence-electron chi connectivity index (χ1n) is 11.0. The van der Waals surface area contributed by atoms with Crippen LogP contribution in [0.25, 0.3) is 0 Å². The molecule has 0 bridgehead atoms. The number of hydrogen-bond acceptors (Lipinski definition) is 5. The van der Waals surface area contributed by atoms with Crippen molar-refractivity contribution in [3.8, 4) is 5.75 Å². The number of hydrogen-bond donors (Lipinski definition) is 3. The molecule has 2 aromatic rings. The SMILES string of the molecule is CCNC(=O)COc1cccc(CN=C(NCC)NC2CCN(c3ncccc3F)C2)c1. The molecule has 172 valence electrons. The quantitative estimate of drug-likeness (QED) is 0.407. The minimum atomic E-state index is -0.303. The van der Waals surface area contributed by atoms with Crippen LogP contribution in [-0.4, -0.2) is 55.7 Å². The average Bonchev–Trinajstić information content (AvgIpc) is 3.25. The third kappa shape index (κ3) is 6.83. The topological polar surface area (TPSA) is 90.9 Å². The molecule has 1 aromatic carbocycles. The van der Waals surface area contributed by atoms with Gasteiger partial charge in [0.15, 0.2) is 24.2 Å². The summed E-state index contributed by atoms with van der Waals surface area (Å²) in [6, 6.07) is 10.7. The number of pyridine rings is 1. The molecule has 1 aliphatic heterocycles. The Morgan fingerprint density at radius 3 is 2.88 bits per heavy atom. The van der Waals surface area contributed by atoms with Gasteiger partial charge >= 0.3 is 0 Å². The highest BCUT2D eigenvalue weighted by Crippen LogP contribution is 2.21. The Labute approximate surface area is 188 Å². The standard InChI is InChI=1S/C23H31FN6O2/c1-3-25-21(31)16-32-19-8-5-7-17(13-19)14-28-23(26-4-2)29-18-10-12-30(15-18)22-20(24)9-6-11-27-22/h5-9,11,13,18H,3-4,10,12,14-16H2,1-2H3,(H,25,31)(H2,26,28,29). The molecule has 0 radical (unpaired) electrons. The van der Waals surface area contributed by atoms with Crippen LogP contribution >= 0.6 is 0 Å². The summed E-state index contributed by atoms with van der Waals surface area (Å²) in [4.78, 5) is 22.4. The molecule has 9 heteroatoms. The number of nitrogens with one attached hydrogen (secondary N) is 3. The predicted molar refractivity (Wildman–Crippen MR) is 123 cm³/mol. The van der Waals surface area contributed by atoms with E-state index in [2.05, 4.69) is 25.9 Å². The fraction of sp³-hybridized carbons (Fsp3) is 0.435. The van der Waals surface area contributed by atoms with E-state index < -0.39 is 0 Å². The van der Waals surface area contributed by atoms with Crippen molar-refractivity contribution >= 4 is 17.7 Å². The number of likely N-dealkylation sites (N-methyl/N-ethyl adjacent to an activating group) is 1. The van der Waals surface area contributed by atoms with Crippen molar-refractivity contribution in [2.75, 3.05) is 37.7 Å². The van der Waals surface area contributed by atoms with E-state index in [0.29, 0.717) is 37.2 Å². The minimum Gasteiger partial charge on any atom is -0.484 e. The molecule has 1 saturated heterocycles. The van der Waals surface area contributed by atoms with Crippen LogP contribution in [0.15, 0.2) is 47.6 Å². The Balaban J connectivity index is 1.57. The maximum Gasteiger partial charge on any atom is 0.257 e. The molecular weight excluding hydrogens is 411 g/mol. The summed E-state index contributed by atoms with van der Waals surface area (Å²) in [5.74, 6) is 1.28. The van der Waals surface area contributed by atoms with Gasteiger partial charge in [-0.1, -0.05) is 12.1 Å². The summed E-state index contributed by atoms with van der Waals surface area (Å²) in [6.07, 6.45) is 2.47. The van der Waals surface area contributed by atoms with E-state index in [1.54, 1.807) is 12.3 Å². The largest absolute Gasteiger partial charge is 0.484 e. The maximum atomic E-state index is 14.0. The van der Waals surface area contributed by atoms with Crippen molar-refractivity contribution in [3.63, 3.8) is 0 Å². The van der Waals surface area contributed by atoms with E-state index in [-0.39, 0.29) is 24.4 Å². The lowest BCUT2D eigenvalue weighted by molar-refractivity contribution is -0.122. The summed E-state index contributed by atoms with van der Waals surface area (Å²) >= 11 is 0. The van der Waals surface area contributed by atoms with Gasteiger partial charge in [0.05, 0.1) is 6.54 Å². The van der Waals surface area contributed by atoms with Gasteiger partial charge in [0.25, 0.3) is 5.91 Å². The first-order valence-corrected chi connectivity index (χ1v) is 11.0. The van der Waals surface area contributed by atoms with E-state index in [4.69, 9.17) is 4.74 Å². The number of rotatable bonds is 9. The molecule has 3 rings (SSSR count). The van der Waals surface area contributed by atoms with Gasteiger partial charge in [-0.25, -0.2) is 14.4 Å². The molecule has 0 saturated carbocycles. The number of benzene rings is 1. The number of aromatic nitrogens is 1. The van der Waals surface area contributed by atoms with Gasteiger partial charge in [-0.2, -0.15) is 0 Å². The summed E-state index contributed by atoms with van der Waals surface area (Å²) in [5, 5.41) is 9.40. The summed E-state index contributed by atoms with van der Waals surface area (Å²) < 4.78 is 19.6. The van der Waals surface area contributed by atoms with Crippen molar-refractivity contribution < 1.29 is 13.9 Å². The number of nitrogens with zero attached hydrogens (tertiary/aromatic N) is 3. The van der Waals surface area contributed by atoms with Gasteiger partial charge in [0.2, 0.25) is 0 Å². The number of ether oxygens (including phenoxy) is 1. The molecule has 1 aliphatic rings. The Bertz CT molecular complexity index is 923. The molecule has 0 aliphatic carbocycles. The first kappa shape index (κ1) is 23.3. The van der Waals surface area contributed by atoms with Gasteiger partial charge < -0.3 is 25.6 Å². The van der Waals surface area contributed by atoms with Gasteiger partial charge in [-0.05, 0) is 50.1 Å². The lowest BCUT2D eigenvalue weighted by atomic mass is 10.2. The number of aliphatic imine (C=N–C) groups is 1. The predicted octanol–water partition coefficient (Wildman–Crippen LogP) is 2.07. The second-order valence-corrected chi connectivity index (χ2v) is 7.47. The highest BCUT2D eigenvalue weighted by molar-refractivity contribution is 5.80. The average molecular weight is 443 g/mol. The van der Waals surface area contributed by atoms with E-state index in [1.165, 1.54) is 6.07 Å². The molecule has 1 atom stereocenters. The smallest absolute Gasteiger partial charge is 0.257 e. The molecule has 8 nitrogen and oxygen atoms in total. The molecule has 2 heterocycles. The zero-order valence-electron chi connectivity index (χ0n) is 18.6. The van der Waals surface area contributed by atoms with E-state index in [1.807, 2.05) is 43.0 Å². The van der Waals surface area contributed by atoms with Crippen molar-refractivity contribution in [3.05, 3.63) is 54.0 Å². The van der Waals surface area contributed by atoms with Crippen molar-refractivity contribution in [2.24, 2.45) is 4.99 Å². The minimum absolute atomic E-state index is 0.0141. The summed E-state index contributed by atoms with van der Waals surface area (Å²) in [7, 11) is 0. The molecule has 1 amide bonds. The molecule has 0 spiro atoms. The van der Waals surface area contributed by atoms with Gasteiger partial charge in [-0.15, -0.1) is 0 Å². The number of guanidine groups is 1. The van der Waals surface area contributed by atoms with Crippen LogP contribution < -0.4 is 25.6 Å². The second kappa shape index (κ2) is 11.9. The number of anilines is 1. The van der Waals surface area contributed by atoms with Crippen molar-refractivity contribution in [2.45, 2.75) is 32.9 Å². The third-order valence-corrected chi connectivity index (χ3v) is 4.97. The third-order valence-electron chi connectivity index (χ3n) is 4.97. The van der Waals surface area contributed by atoms with Crippen LogP contribution in [0.1, 0.15) is 25.8 Å². The Morgan fingerprint density at radius 1 is 1.25 bits per heavy atom. The number of halogens is 1. The molecule has 1 unspecified atom stereocenters. The van der Waals surface area contributed by atoms with E-state index in [9.17, 15) is 9.18 Å². The van der Waals surface area contributed by atoms with Crippen molar-refractivity contribution in [1.82, 2.24) is 20.9 Å². The number of amides is 1. The normalized spacial score (nSPS) is 16.0. The van der Waals surface area contributed by atoms with Crippen LogP contribution in [0.4, 0.5) is 10.2 Å². The van der Waals surface area contributed by atoms with Crippen LogP contribution in [0.2, 0.25) is 0 Å². The molecular formula is C23H31FN6O2. The van der Waals surface area contributed by atoms with Crippen molar-refractivity contribution in [1.29, 1.82) is 0 Å². The summed E-state index contributed by atoms with van der Waals surface area (Å²) in [5.41, 5.74) is 0.971. The zero-order valence-corrected chi connectivity index (χ0v) is 18.6. The number of carbonyl (C=O) groups is 1. The summed E-state index contributed by atoms with van der Waals surface area (Å²) in [6.45, 7) is 7.01. The van der Waals surface area contributed by atoms with Gasteiger partial charge in [0, 0.05) is 38.4 Å². The van der Waals surface area contributed by atoms with Gasteiger partial charge in [-0.3, -0.25) is 4.79 Å². The molecule has 1 fully saturated rings. The van der Waals surface area contributed by atoms with E-state index >= 15 is 0 Å². The fourth-order valence-corrected chi connectivity index (χ4v) is 3.49. The van der Waals surface area contributed by atoms with Crippen LogP contribution in [0.5, 0.6) is 5.75 Å².